The maximum Gasteiger partial charge on any atom is 0.262 e. The van der Waals surface area contributed by atoms with Crippen molar-refractivity contribution in [2.45, 2.75) is 44.1 Å². The van der Waals surface area contributed by atoms with Gasteiger partial charge in [0, 0.05) is 26.1 Å². The Morgan fingerprint density at radius 1 is 0.897 bits per heavy atom. The van der Waals surface area contributed by atoms with Gasteiger partial charge in [-0.1, -0.05) is 68.4 Å². The standard InChI is InChI=1S/C30H35N3O5S/c1-3-32(4-2)39(36,37)25-17-14-24(15-18-25)16-19-29(34)33-22-28(38-27-13-9-8-12-26(27)33)30(35)31-21-20-23-10-6-5-7-11-23/h5-15,17-18,28H,3-4,16,19-22H2,1-2H3,(H,31,35)/t28-/m1/s1. The normalized spacial score (nSPS) is 14.9. The summed E-state index contributed by atoms with van der Waals surface area (Å²) < 4.78 is 32.8. The first kappa shape index (κ1) is 28.3. The summed E-state index contributed by atoms with van der Waals surface area (Å²) in [5.74, 6) is 0.0992. The summed E-state index contributed by atoms with van der Waals surface area (Å²) in [4.78, 5) is 28.1. The molecule has 1 aliphatic heterocycles. The number of nitrogens with zero attached hydrogens (tertiary/aromatic N) is 2. The Bertz CT molecular complexity index is 1370. The molecular weight excluding hydrogens is 514 g/mol. The van der Waals surface area contributed by atoms with Crippen LogP contribution in [0.15, 0.2) is 83.8 Å². The van der Waals surface area contributed by atoms with Gasteiger partial charge in [0.25, 0.3) is 5.91 Å². The first-order valence-corrected chi connectivity index (χ1v) is 14.7. The van der Waals surface area contributed by atoms with Gasteiger partial charge >= 0.3 is 0 Å². The SMILES string of the molecule is CCN(CC)S(=O)(=O)c1ccc(CCC(=O)N2C[C@H](C(=O)NCCc3ccccc3)Oc3ccccc32)cc1. The van der Waals surface area contributed by atoms with E-state index in [1.165, 1.54) is 4.31 Å². The average Bonchev–Trinajstić information content (AvgIpc) is 2.96. The monoisotopic (exact) mass is 549 g/mol. The van der Waals surface area contributed by atoms with Crippen LogP contribution in [0.5, 0.6) is 5.75 Å². The number of hydrogen-bond donors (Lipinski definition) is 1. The number of rotatable bonds is 11. The Hall–Kier alpha value is -3.69. The van der Waals surface area contributed by atoms with Crippen LogP contribution in [0.2, 0.25) is 0 Å². The minimum Gasteiger partial charge on any atom is -0.477 e. The molecule has 0 spiro atoms. The zero-order chi connectivity index (χ0) is 27.8. The number of hydrogen-bond acceptors (Lipinski definition) is 5. The van der Waals surface area contributed by atoms with Crippen LogP contribution in [0.4, 0.5) is 5.69 Å². The van der Waals surface area contributed by atoms with Gasteiger partial charge in [-0.3, -0.25) is 9.59 Å². The van der Waals surface area contributed by atoms with Gasteiger partial charge < -0.3 is 15.0 Å². The second-order valence-electron chi connectivity index (χ2n) is 9.34. The second-order valence-corrected chi connectivity index (χ2v) is 11.3. The van der Waals surface area contributed by atoms with Crippen LogP contribution in [0.3, 0.4) is 0 Å². The first-order valence-electron chi connectivity index (χ1n) is 13.3. The molecule has 39 heavy (non-hydrogen) atoms. The molecule has 3 aromatic rings. The first-order chi connectivity index (χ1) is 18.8. The molecule has 0 saturated carbocycles. The molecule has 9 heteroatoms. The summed E-state index contributed by atoms with van der Waals surface area (Å²) in [6, 6.07) is 23.8. The number of fused-ring (bicyclic) bond motifs is 1. The number of anilines is 1. The summed E-state index contributed by atoms with van der Waals surface area (Å²) in [6.07, 6.45) is 0.536. The van der Waals surface area contributed by atoms with Crippen LogP contribution in [0.1, 0.15) is 31.4 Å². The van der Waals surface area contributed by atoms with E-state index in [-0.39, 0.29) is 29.7 Å². The Balaban J connectivity index is 1.38. The highest BCUT2D eigenvalue weighted by Crippen LogP contribution is 2.33. The third-order valence-corrected chi connectivity index (χ3v) is 8.88. The third-order valence-electron chi connectivity index (χ3n) is 6.82. The van der Waals surface area contributed by atoms with Crippen LogP contribution in [0, 0.1) is 0 Å². The van der Waals surface area contributed by atoms with Gasteiger partial charge in [0.05, 0.1) is 17.1 Å². The van der Waals surface area contributed by atoms with E-state index >= 15 is 0 Å². The molecule has 0 unspecified atom stereocenters. The summed E-state index contributed by atoms with van der Waals surface area (Å²) in [7, 11) is -3.53. The van der Waals surface area contributed by atoms with E-state index in [2.05, 4.69) is 5.32 Å². The van der Waals surface area contributed by atoms with Crippen LogP contribution < -0.4 is 15.0 Å². The lowest BCUT2D eigenvalue weighted by atomic mass is 10.1. The predicted molar refractivity (Wildman–Crippen MR) is 151 cm³/mol. The van der Waals surface area contributed by atoms with Crippen LogP contribution in [0.25, 0.3) is 0 Å². The van der Waals surface area contributed by atoms with Crippen molar-refractivity contribution in [2.75, 3.05) is 31.1 Å². The molecule has 8 nitrogen and oxygen atoms in total. The lowest BCUT2D eigenvalue weighted by Crippen LogP contribution is -2.51. The van der Waals surface area contributed by atoms with Gasteiger partial charge in [0.2, 0.25) is 15.9 Å². The molecule has 0 aromatic heterocycles. The van der Waals surface area contributed by atoms with E-state index < -0.39 is 16.1 Å². The zero-order valence-corrected chi connectivity index (χ0v) is 23.2. The largest absolute Gasteiger partial charge is 0.477 e. The maximum atomic E-state index is 13.3. The molecule has 3 aromatic carbocycles. The van der Waals surface area contributed by atoms with E-state index in [9.17, 15) is 18.0 Å². The molecule has 1 atom stereocenters. The fraction of sp³-hybridized carbons (Fsp3) is 0.333. The molecule has 0 radical (unpaired) electrons. The number of benzene rings is 3. The molecule has 0 bridgehead atoms. The zero-order valence-electron chi connectivity index (χ0n) is 22.4. The average molecular weight is 550 g/mol. The Labute approximate surface area is 230 Å². The fourth-order valence-electron chi connectivity index (χ4n) is 4.62. The van der Waals surface area contributed by atoms with Crippen LogP contribution >= 0.6 is 0 Å². The molecule has 1 N–H and O–H groups in total. The molecule has 0 saturated heterocycles. The minimum absolute atomic E-state index is 0.119. The Kier molecular flexibility index (Phi) is 9.37. The Morgan fingerprint density at radius 3 is 2.23 bits per heavy atom. The van der Waals surface area contributed by atoms with E-state index in [0.29, 0.717) is 43.9 Å². The van der Waals surface area contributed by atoms with Crippen molar-refractivity contribution in [1.29, 1.82) is 0 Å². The van der Waals surface area contributed by atoms with Crippen molar-refractivity contribution in [3.8, 4) is 5.75 Å². The van der Waals surface area contributed by atoms with Gasteiger partial charge in [-0.2, -0.15) is 4.31 Å². The van der Waals surface area contributed by atoms with Crippen molar-refractivity contribution in [3.05, 3.63) is 90.0 Å². The molecular formula is C30H35N3O5S. The molecule has 4 rings (SSSR count). The number of sulfonamides is 1. The van der Waals surface area contributed by atoms with Crippen LogP contribution in [-0.2, 0) is 32.5 Å². The third kappa shape index (κ3) is 6.85. The van der Waals surface area contributed by atoms with Gasteiger partial charge in [-0.15, -0.1) is 0 Å². The summed E-state index contributed by atoms with van der Waals surface area (Å²) in [5, 5.41) is 2.93. The smallest absolute Gasteiger partial charge is 0.262 e. The lowest BCUT2D eigenvalue weighted by molar-refractivity contribution is -0.128. The Morgan fingerprint density at radius 2 is 1.54 bits per heavy atom. The quantitative estimate of drug-likeness (QED) is 0.393. The maximum absolute atomic E-state index is 13.3. The number of aryl methyl sites for hydroxylation is 1. The van der Waals surface area contributed by atoms with Crippen molar-refractivity contribution in [3.63, 3.8) is 0 Å². The highest BCUT2D eigenvalue weighted by molar-refractivity contribution is 7.89. The number of ether oxygens (including phenoxy) is 1. The number of carbonyl (C=O) groups is 2. The van der Waals surface area contributed by atoms with Gasteiger partial charge in [0.15, 0.2) is 6.10 Å². The fourth-order valence-corrected chi connectivity index (χ4v) is 6.08. The van der Waals surface area contributed by atoms with E-state index in [4.69, 9.17) is 4.74 Å². The van der Waals surface area contributed by atoms with Gasteiger partial charge in [-0.25, -0.2) is 8.42 Å². The van der Waals surface area contributed by atoms with Crippen molar-refractivity contribution in [2.24, 2.45) is 0 Å². The predicted octanol–water partition coefficient (Wildman–Crippen LogP) is 3.80. The molecule has 1 heterocycles. The summed E-state index contributed by atoms with van der Waals surface area (Å²) in [6.45, 7) is 5.02. The van der Waals surface area contributed by atoms with Gasteiger partial charge in [0.1, 0.15) is 5.75 Å². The summed E-state index contributed by atoms with van der Waals surface area (Å²) in [5.41, 5.74) is 2.62. The number of nitrogens with one attached hydrogen (secondary N) is 1. The molecule has 0 aliphatic carbocycles. The van der Waals surface area contributed by atoms with Crippen molar-refractivity contribution < 1.29 is 22.7 Å². The molecule has 2 amide bonds. The minimum atomic E-state index is -3.53. The lowest BCUT2D eigenvalue weighted by Gasteiger charge is -2.34. The van der Waals surface area contributed by atoms with Gasteiger partial charge in [-0.05, 0) is 48.2 Å². The van der Waals surface area contributed by atoms with Crippen molar-refractivity contribution >= 4 is 27.5 Å². The second kappa shape index (κ2) is 12.9. The number of amides is 2. The molecule has 0 fully saturated rings. The number of para-hydroxylation sites is 2. The van der Waals surface area contributed by atoms with E-state index in [0.717, 1.165) is 11.1 Å². The van der Waals surface area contributed by atoms with Crippen LogP contribution in [-0.4, -0.2) is 56.8 Å². The molecule has 1 aliphatic rings. The molecule has 206 valence electrons. The highest BCUT2D eigenvalue weighted by Gasteiger charge is 2.33. The number of carbonyl (C=O) groups excluding carboxylic acids is 2. The van der Waals surface area contributed by atoms with Crippen molar-refractivity contribution in [1.82, 2.24) is 9.62 Å². The van der Waals surface area contributed by atoms with E-state index in [1.807, 2.05) is 62.4 Å². The summed E-state index contributed by atoms with van der Waals surface area (Å²) >= 11 is 0. The topological polar surface area (TPSA) is 96.0 Å². The van der Waals surface area contributed by atoms with E-state index in [1.54, 1.807) is 35.2 Å². The highest BCUT2D eigenvalue weighted by atomic mass is 32.2.